The molecule has 2 N–H and O–H groups in total. The second-order valence-corrected chi connectivity index (χ2v) is 3.25. The van der Waals surface area contributed by atoms with Crippen molar-refractivity contribution >= 4 is 6.09 Å². The molecule has 0 aromatic rings. The first kappa shape index (κ1) is 9.32. The average Bonchev–Trinajstić information content (AvgIpc) is 2.51. The van der Waals surface area contributed by atoms with Crippen LogP contribution in [0.15, 0.2) is 0 Å². The summed E-state index contributed by atoms with van der Waals surface area (Å²) in [6.07, 6.45) is 0.287. The van der Waals surface area contributed by atoms with Crippen LogP contribution in [0.1, 0.15) is 19.8 Å². The van der Waals surface area contributed by atoms with Crippen molar-refractivity contribution in [3.05, 3.63) is 0 Å². The number of rotatable bonds is 2. The van der Waals surface area contributed by atoms with E-state index >= 15 is 0 Å². The third-order valence-electron chi connectivity index (χ3n) is 2.46. The first-order valence-electron chi connectivity index (χ1n) is 4.31. The van der Waals surface area contributed by atoms with Crippen LogP contribution in [0.25, 0.3) is 0 Å². The molecule has 1 aliphatic heterocycles. The van der Waals surface area contributed by atoms with E-state index < -0.39 is 6.09 Å². The number of nitrogens with zero attached hydrogens (tertiary/aromatic N) is 1. The first-order valence-corrected chi connectivity index (χ1v) is 4.31. The molecule has 1 heterocycles. The Morgan fingerprint density at radius 3 is 2.83 bits per heavy atom. The number of amides is 1. The molecule has 0 bridgehead atoms. The Morgan fingerprint density at radius 2 is 2.42 bits per heavy atom. The Morgan fingerprint density at radius 1 is 1.75 bits per heavy atom. The summed E-state index contributed by atoms with van der Waals surface area (Å²) in [7, 11) is 0. The molecule has 0 radical (unpaired) electrons. The van der Waals surface area contributed by atoms with Crippen LogP contribution in [0.2, 0.25) is 0 Å². The first-order chi connectivity index (χ1) is 5.65. The van der Waals surface area contributed by atoms with E-state index in [1.54, 1.807) is 0 Å². The van der Waals surface area contributed by atoms with Gasteiger partial charge in [-0.05, 0) is 12.8 Å². The van der Waals surface area contributed by atoms with Crippen LogP contribution in [0.5, 0.6) is 0 Å². The number of aliphatic hydroxyl groups is 1. The maximum Gasteiger partial charge on any atom is 0.407 e. The van der Waals surface area contributed by atoms with Crippen LogP contribution in [0.4, 0.5) is 4.79 Å². The minimum Gasteiger partial charge on any atom is -0.465 e. The van der Waals surface area contributed by atoms with Crippen LogP contribution in [0.3, 0.4) is 0 Å². The monoisotopic (exact) mass is 173 g/mol. The predicted molar refractivity (Wildman–Crippen MR) is 44.0 cm³/mol. The van der Waals surface area contributed by atoms with Gasteiger partial charge in [0.1, 0.15) is 0 Å². The van der Waals surface area contributed by atoms with Gasteiger partial charge in [-0.15, -0.1) is 0 Å². The van der Waals surface area contributed by atoms with E-state index in [9.17, 15) is 9.90 Å². The maximum absolute atomic E-state index is 10.5. The minimum absolute atomic E-state index is 0.145. The Bertz CT molecular complexity index is 172. The van der Waals surface area contributed by atoms with Gasteiger partial charge < -0.3 is 15.1 Å². The molecule has 2 atom stereocenters. The van der Waals surface area contributed by atoms with Crippen LogP contribution < -0.4 is 0 Å². The largest absolute Gasteiger partial charge is 0.465 e. The lowest BCUT2D eigenvalue weighted by Crippen LogP contribution is -2.29. The molecule has 1 unspecified atom stereocenters. The van der Waals surface area contributed by atoms with E-state index in [1.807, 2.05) is 6.92 Å². The van der Waals surface area contributed by atoms with Crippen molar-refractivity contribution in [2.45, 2.75) is 25.9 Å². The number of carbonyl (C=O) groups is 1. The van der Waals surface area contributed by atoms with Crippen molar-refractivity contribution in [3.63, 3.8) is 0 Å². The number of aliphatic hydroxyl groups excluding tert-OH is 1. The summed E-state index contributed by atoms with van der Waals surface area (Å²) in [5.41, 5.74) is 0. The maximum atomic E-state index is 10.5. The molecule has 0 saturated carbocycles. The topological polar surface area (TPSA) is 60.8 Å². The lowest BCUT2D eigenvalue weighted by molar-refractivity contribution is 0.104. The molecule has 0 aromatic carbocycles. The third kappa shape index (κ3) is 1.88. The lowest BCUT2D eigenvalue weighted by Gasteiger charge is -2.16. The Kier molecular flexibility index (Phi) is 2.92. The highest BCUT2D eigenvalue weighted by Gasteiger charge is 2.29. The van der Waals surface area contributed by atoms with Crippen LogP contribution in [-0.4, -0.2) is 40.4 Å². The number of hydrogen-bond acceptors (Lipinski definition) is 2. The summed E-state index contributed by atoms with van der Waals surface area (Å²) in [6, 6.07) is 0. The second kappa shape index (κ2) is 3.76. The van der Waals surface area contributed by atoms with Gasteiger partial charge in [0.25, 0.3) is 0 Å². The van der Waals surface area contributed by atoms with Gasteiger partial charge in [-0.3, -0.25) is 0 Å². The number of carboxylic acid groups (broad SMARTS) is 1. The SMILES string of the molecule is CCC(O)[C@H]1CCN(C(=O)O)C1. The van der Waals surface area contributed by atoms with Gasteiger partial charge in [-0.25, -0.2) is 4.79 Å². The summed E-state index contributed by atoms with van der Waals surface area (Å²) >= 11 is 0. The highest BCUT2D eigenvalue weighted by atomic mass is 16.4. The Hall–Kier alpha value is -0.770. The van der Waals surface area contributed by atoms with Gasteiger partial charge in [-0.2, -0.15) is 0 Å². The highest BCUT2D eigenvalue weighted by Crippen LogP contribution is 2.21. The predicted octanol–water partition coefficient (Wildman–Crippen LogP) is 0.757. The van der Waals surface area contributed by atoms with Gasteiger partial charge in [0.15, 0.2) is 0 Å². The summed E-state index contributed by atoms with van der Waals surface area (Å²) < 4.78 is 0. The summed E-state index contributed by atoms with van der Waals surface area (Å²) in [4.78, 5) is 11.9. The van der Waals surface area contributed by atoms with E-state index in [0.29, 0.717) is 19.5 Å². The molecular weight excluding hydrogens is 158 g/mol. The summed E-state index contributed by atoms with van der Waals surface area (Å²) in [5.74, 6) is 0.145. The van der Waals surface area contributed by atoms with Gasteiger partial charge in [-0.1, -0.05) is 6.92 Å². The normalized spacial score (nSPS) is 25.8. The fourth-order valence-electron chi connectivity index (χ4n) is 1.61. The van der Waals surface area contributed by atoms with E-state index in [-0.39, 0.29) is 12.0 Å². The summed E-state index contributed by atoms with van der Waals surface area (Å²) in [6.45, 7) is 2.97. The Balaban J connectivity index is 2.40. The highest BCUT2D eigenvalue weighted by molar-refractivity contribution is 5.65. The van der Waals surface area contributed by atoms with E-state index in [4.69, 9.17) is 5.11 Å². The molecule has 1 aliphatic rings. The van der Waals surface area contributed by atoms with Crippen molar-refractivity contribution in [3.8, 4) is 0 Å². The van der Waals surface area contributed by atoms with Crippen molar-refractivity contribution in [2.24, 2.45) is 5.92 Å². The molecule has 12 heavy (non-hydrogen) atoms. The molecule has 4 heteroatoms. The van der Waals surface area contributed by atoms with Crippen LogP contribution >= 0.6 is 0 Å². The van der Waals surface area contributed by atoms with Crippen molar-refractivity contribution < 1.29 is 15.0 Å². The van der Waals surface area contributed by atoms with Gasteiger partial charge in [0.05, 0.1) is 6.10 Å². The average molecular weight is 173 g/mol. The molecule has 1 saturated heterocycles. The van der Waals surface area contributed by atoms with Gasteiger partial charge in [0.2, 0.25) is 0 Å². The van der Waals surface area contributed by atoms with E-state index in [0.717, 1.165) is 6.42 Å². The quantitative estimate of drug-likeness (QED) is 0.648. The molecule has 1 fully saturated rings. The molecule has 0 aromatic heterocycles. The number of hydrogen-bond donors (Lipinski definition) is 2. The molecule has 4 nitrogen and oxygen atoms in total. The van der Waals surface area contributed by atoms with Crippen LogP contribution in [0, 0.1) is 5.92 Å². The zero-order chi connectivity index (χ0) is 9.14. The van der Waals surface area contributed by atoms with Crippen molar-refractivity contribution in [2.75, 3.05) is 13.1 Å². The molecule has 70 valence electrons. The van der Waals surface area contributed by atoms with Crippen molar-refractivity contribution in [1.82, 2.24) is 4.90 Å². The third-order valence-corrected chi connectivity index (χ3v) is 2.46. The minimum atomic E-state index is -0.874. The smallest absolute Gasteiger partial charge is 0.407 e. The van der Waals surface area contributed by atoms with Crippen LogP contribution in [-0.2, 0) is 0 Å². The fraction of sp³-hybridized carbons (Fsp3) is 0.875. The number of likely N-dealkylation sites (tertiary alicyclic amines) is 1. The summed E-state index contributed by atoms with van der Waals surface area (Å²) in [5, 5.41) is 18.1. The lowest BCUT2D eigenvalue weighted by atomic mass is 10.00. The zero-order valence-electron chi connectivity index (χ0n) is 7.23. The standard InChI is InChI=1S/C8H15NO3/c1-2-7(10)6-3-4-9(5-6)8(11)12/h6-7,10H,2-5H2,1H3,(H,11,12)/t6-,7?/m0/s1. The van der Waals surface area contributed by atoms with Gasteiger partial charge >= 0.3 is 6.09 Å². The van der Waals surface area contributed by atoms with E-state index in [2.05, 4.69) is 0 Å². The Labute approximate surface area is 71.8 Å². The zero-order valence-corrected chi connectivity index (χ0v) is 7.23. The molecular formula is C8H15NO3. The molecule has 0 aliphatic carbocycles. The van der Waals surface area contributed by atoms with E-state index in [1.165, 1.54) is 4.90 Å². The molecule has 1 amide bonds. The molecule has 0 spiro atoms. The van der Waals surface area contributed by atoms with Gasteiger partial charge in [0, 0.05) is 19.0 Å². The van der Waals surface area contributed by atoms with Crippen molar-refractivity contribution in [1.29, 1.82) is 0 Å². The fourth-order valence-corrected chi connectivity index (χ4v) is 1.61. The second-order valence-electron chi connectivity index (χ2n) is 3.25. The molecule has 1 rings (SSSR count).